The molecule has 0 aliphatic carbocycles. The Kier molecular flexibility index (Phi) is 12.8. The third-order valence-electron chi connectivity index (χ3n) is 11.9. The minimum absolute atomic E-state index is 0.0358. The largest absolute Gasteiger partial charge is 0.289 e. The van der Waals surface area contributed by atoms with Crippen LogP contribution in [0.4, 0.5) is 0 Å². The molecule has 0 aliphatic rings. The Labute approximate surface area is 375 Å². The molecule has 0 bridgehead atoms. The molecular weight excluding hydrogens is 769 g/mol. The smallest absolute Gasteiger partial charge is 0.193 e. The van der Waals surface area contributed by atoms with Gasteiger partial charge in [-0.2, -0.15) is 0 Å². The summed E-state index contributed by atoms with van der Waals surface area (Å²) < 4.78 is 0. The van der Waals surface area contributed by atoms with E-state index in [4.69, 9.17) is 0 Å². The van der Waals surface area contributed by atoms with E-state index in [0.717, 1.165) is 50.1 Å². The van der Waals surface area contributed by atoms with Crippen LogP contribution in [0.1, 0.15) is 160 Å². The molecule has 0 saturated heterocycles. The number of carbonyl (C=O) groups is 3. The topological polar surface area (TPSA) is 51.2 Å². The monoisotopic (exact) mass is 828 g/mol. The van der Waals surface area contributed by atoms with E-state index in [9.17, 15) is 14.4 Å². The summed E-state index contributed by atoms with van der Waals surface area (Å²) >= 11 is 0. The van der Waals surface area contributed by atoms with E-state index in [1.165, 1.54) is 16.7 Å². The van der Waals surface area contributed by atoms with Gasteiger partial charge in [0, 0.05) is 33.4 Å². The SMILES string of the molecule is CC(C)(C)c1ccccc1C(=O)c1ccc(Cc2cc(Cc3ccc(C(=O)c4ccccc4C(C)(C)C)cc3)cc(Cc3ccc(C(=O)c4ccccc4C(C)(C)C)cc3)c2)cc1. The van der Waals surface area contributed by atoms with E-state index in [-0.39, 0.29) is 33.6 Å². The molecule has 0 aliphatic heterocycles. The van der Waals surface area contributed by atoms with Gasteiger partial charge in [-0.1, -0.05) is 226 Å². The maximum atomic E-state index is 13.8. The third kappa shape index (κ3) is 10.6. The van der Waals surface area contributed by atoms with Crippen molar-refractivity contribution in [1.29, 1.82) is 0 Å². The normalized spacial score (nSPS) is 12.0. The highest BCUT2D eigenvalue weighted by molar-refractivity contribution is 6.11. The van der Waals surface area contributed by atoms with Crippen molar-refractivity contribution >= 4 is 17.3 Å². The molecular formula is C60H60O3. The maximum absolute atomic E-state index is 13.8. The first-order chi connectivity index (χ1) is 29.8. The summed E-state index contributed by atoms with van der Waals surface area (Å²) in [5.74, 6) is 0.107. The summed E-state index contributed by atoms with van der Waals surface area (Å²) in [4.78, 5) is 41.3. The molecule has 0 atom stereocenters. The van der Waals surface area contributed by atoms with E-state index >= 15 is 0 Å². The molecule has 7 aromatic carbocycles. The van der Waals surface area contributed by atoms with Gasteiger partial charge < -0.3 is 0 Å². The minimum Gasteiger partial charge on any atom is -0.289 e. The molecule has 7 aromatic rings. The van der Waals surface area contributed by atoms with Gasteiger partial charge in [-0.05, 0) is 85.6 Å². The Morgan fingerprint density at radius 2 is 0.524 bits per heavy atom. The fourth-order valence-corrected chi connectivity index (χ4v) is 8.65. The lowest BCUT2D eigenvalue weighted by atomic mass is 9.82. The van der Waals surface area contributed by atoms with Crippen molar-refractivity contribution in [3.05, 3.63) is 247 Å². The number of carbonyl (C=O) groups excluding carboxylic acids is 3. The Balaban J connectivity index is 1.15. The highest BCUT2D eigenvalue weighted by Crippen LogP contribution is 2.31. The van der Waals surface area contributed by atoms with Crippen LogP contribution in [0.3, 0.4) is 0 Å². The second-order valence-corrected chi connectivity index (χ2v) is 20.2. The molecule has 0 saturated carbocycles. The van der Waals surface area contributed by atoms with Crippen LogP contribution in [0.5, 0.6) is 0 Å². The zero-order valence-corrected chi connectivity index (χ0v) is 38.4. The van der Waals surface area contributed by atoms with Crippen molar-refractivity contribution < 1.29 is 14.4 Å². The highest BCUT2D eigenvalue weighted by Gasteiger charge is 2.24. The number of rotatable bonds is 12. The number of benzene rings is 7. The average molecular weight is 829 g/mol. The Hall–Kier alpha value is -6.45. The lowest BCUT2D eigenvalue weighted by Crippen LogP contribution is -2.17. The number of hydrogen-bond acceptors (Lipinski definition) is 3. The quantitative estimate of drug-likeness (QED) is 0.115. The molecule has 0 N–H and O–H groups in total. The lowest BCUT2D eigenvalue weighted by Gasteiger charge is -2.22. The molecule has 63 heavy (non-hydrogen) atoms. The van der Waals surface area contributed by atoms with Crippen molar-refractivity contribution in [3.8, 4) is 0 Å². The van der Waals surface area contributed by atoms with Gasteiger partial charge in [-0.15, -0.1) is 0 Å². The van der Waals surface area contributed by atoms with Crippen molar-refractivity contribution in [1.82, 2.24) is 0 Å². The standard InChI is InChI=1S/C60H60O3/c1-58(2,3)52-19-13-10-16-49(52)55(61)46-28-22-40(23-29-46)34-43-37-44(35-41-24-30-47(31-25-41)56(62)50-17-11-14-20-53(50)59(4,5)6)39-45(38-43)36-42-26-32-48(33-27-42)57(63)51-18-12-15-21-54(51)60(7,8)9/h10-33,37-39H,34-36H2,1-9H3. The van der Waals surface area contributed by atoms with Crippen LogP contribution >= 0.6 is 0 Å². The van der Waals surface area contributed by atoms with Crippen LogP contribution in [0, 0.1) is 0 Å². The van der Waals surface area contributed by atoms with Gasteiger partial charge in [0.2, 0.25) is 0 Å². The Morgan fingerprint density at radius 1 is 0.302 bits per heavy atom. The Bertz CT molecular complexity index is 2440. The molecule has 0 spiro atoms. The summed E-state index contributed by atoms with van der Waals surface area (Å²) in [6, 6.07) is 54.7. The predicted octanol–water partition coefficient (Wildman–Crippen LogP) is 14.0. The fourth-order valence-electron chi connectivity index (χ4n) is 8.65. The molecule has 3 heteroatoms. The van der Waals surface area contributed by atoms with Gasteiger partial charge in [0.05, 0.1) is 0 Å². The first-order valence-electron chi connectivity index (χ1n) is 22.2. The predicted molar refractivity (Wildman–Crippen MR) is 260 cm³/mol. The third-order valence-corrected chi connectivity index (χ3v) is 11.9. The van der Waals surface area contributed by atoms with Crippen LogP contribution in [-0.4, -0.2) is 17.3 Å². The maximum Gasteiger partial charge on any atom is 0.193 e. The second kappa shape index (κ2) is 18.1. The lowest BCUT2D eigenvalue weighted by molar-refractivity contribution is 0.102. The highest BCUT2D eigenvalue weighted by atomic mass is 16.1. The average Bonchev–Trinajstić information content (AvgIpc) is 3.25. The summed E-state index contributed by atoms with van der Waals surface area (Å²) in [6.45, 7) is 19.2. The van der Waals surface area contributed by atoms with E-state index in [0.29, 0.717) is 36.0 Å². The first kappa shape index (κ1) is 44.6. The molecule has 0 radical (unpaired) electrons. The summed E-state index contributed by atoms with van der Waals surface area (Å²) in [5.41, 5.74) is 13.8. The van der Waals surface area contributed by atoms with Crippen molar-refractivity contribution in [2.24, 2.45) is 0 Å². The molecule has 7 rings (SSSR count). The van der Waals surface area contributed by atoms with Crippen molar-refractivity contribution in [2.45, 2.75) is 97.8 Å². The van der Waals surface area contributed by atoms with E-state index in [1.54, 1.807) is 0 Å². The molecule has 0 amide bonds. The second-order valence-electron chi connectivity index (χ2n) is 20.2. The first-order valence-corrected chi connectivity index (χ1v) is 22.2. The summed E-state index contributed by atoms with van der Waals surface area (Å²) in [7, 11) is 0. The Morgan fingerprint density at radius 3 is 0.746 bits per heavy atom. The van der Waals surface area contributed by atoms with Crippen molar-refractivity contribution in [3.63, 3.8) is 0 Å². The van der Waals surface area contributed by atoms with Crippen LogP contribution in [0.2, 0.25) is 0 Å². The van der Waals surface area contributed by atoms with Crippen LogP contribution in [0.15, 0.2) is 164 Å². The van der Waals surface area contributed by atoms with E-state index in [2.05, 4.69) is 135 Å². The van der Waals surface area contributed by atoms with Crippen LogP contribution in [-0.2, 0) is 35.5 Å². The molecule has 318 valence electrons. The molecule has 0 heterocycles. The van der Waals surface area contributed by atoms with Crippen LogP contribution in [0.25, 0.3) is 0 Å². The van der Waals surface area contributed by atoms with Gasteiger partial charge in [-0.25, -0.2) is 0 Å². The van der Waals surface area contributed by atoms with Gasteiger partial charge in [-0.3, -0.25) is 14.4 Å². The van der Waals surface area contributed by atoms with Crippen LogP contribution < -0.4 is 0 Å². The summed E-state index contributed by atoms with van der Waals surface area (Å²) in [5, 5.41) is 0. The summed E-state index contributed by atoms with van der Waals surface area (Å²) in [6.07, 6.45) is 2.11. The molecule has 0 aromatic heterocycles. The molecule has 3 nitrogen and oxygen atoms in total. The van der Waals surface area contributed by atoms with Gasteiger partial charge in [0.1, 0.15) is 0 Å². The van der Waals surface area contributed by atoms with Gasteiger partial charge in [0.25, 0.3) is 0 Å². The van der Waals surface area contributed by atoms with E-state index in [1.807, 2.05) is 91.0 Å². The fraction of sp³-hybridized carbons (Fsp3) is 0.250. The van der Waals surface area contributed by atoms with E-state index < -0.39 is 0 Å². The van der Waals surface area contributed by atoms with Gasteiger partial charge in [0.15, 0.2) is 17.3 Å². The molecule has 0 unspecified atom stereocenters. The zero-order chi connectivity index (χ0) is 45.1. The zero-order valence-electron chi connectivity index (χ0n) is 38.4. The number of hydrogen-bond donors (Lipinski definition) is 0. The minimum atomic E-state index is -0.148. The van der Waals surface area contributed by atoms with Gasteiger partial charge >= 0.3 is 0 Å². The number of ketones is 3. The molecule has 0 fully saturated rings. The van der Waals surface area contributed by atoms with Crippen molar-refractivity contribution in [2.75, 3.05) is 0 Å².